The van der Waals surface area contributed by atoms with Crippen LogP contribution in [-0.2, 0) is 14.9 Å². The second kappa shape index (κ2) is 7.81. The number of phenols is 2. The highest BCUT2D eigenvalue weighted by Gasteiger charge is 2.53. The van der Waals surface area contributed by atoms with Crippen LogP contribution in [0.4, 0.5) is 0 Å². The van der Waals surface area contributed by atoms with Gasteiger partial charge in [0.2, 0.25) is 0 Å². The van der Waals surface area contributed by atoms with Crippen LogP contribution in [0.25, 0.3) is 11.1 Å². The van der Waals surface area contributed by atoms with Crippen molar-refractivity contribution >= 4 is 32.9 Å². The Bertz CT molecular complexity index is 1310. The van der Waals surface area contributed by atoms with Crippen LogP contribution in [0.5, 0.6) is 17.2 Å². The molecule has 0 radical (unpaired) electrons. The highest BCUT2D eigenvalue weighted by molar-refractivity contribution is 7.87. The quantitative estimate of drug-likeness (QED) is 0.541. The second-order valence-corrected chi connectivity index (χ2v) is 9.85. The molecule has 2 N–H and O–H groups in total. The van der Waals surface area contributed by atoms with Gasteiger partial charge in [-0.2, -0.15) is 8.42 Å². The zero-order valence-corrected chi connectivity index (χ0v) is 18.1. The monoisotopic (exact) mass is 471 g/mol. The summed E-state index contributed by atoms with van der Waals surface area (Å²) in [5, 5.41) is 18.7. The third-order valence-electron chi connectivity index (χ3n) is 5.61. The molecule has 32 heavy (non-hydrogen) atoms. The van der Waals surface area contributed by atoms with Gasteiger partial charge in [0.05, 0.1) is 17.3 Å². The average Bonchev–Trinajstić information content (AvgIpc) is 3.34. The number of fused-ring (bicyclic) bond motifs is 2. The maximum Gasteiger partial charge on any atom is 0.315 e. The van der Waals surface area contributed by atoms with E-state index in [2.05, 4.69) is 4.98 Å². The van der Waals surface area contributed by atoms with Gasteiger partial charge in [0.1, 0.15) is 22.9 Å². The van der Waals surface area contributed by atoms with Gasteiger partial charge in [0, 0.05) is 18.7 Å². The van der Waals surface area contributed by atoms with E-state index in [-0.39, 0.29) is 28.7 Å². The van der Waals surface area contributed by atoms with Gasteiger partial charge in [-0.1, -0.05) is 35.9 Å². The molecule has 3 heterocycles. The van der Waals surface area contributed by atoms with Crippen molar-refractivity contribution in [1.29, 1.82) is 0 Å². The average molecular weight is 472 g/mol. The summed E-state index contributed by atoms with van der Waals surface area (Å²) >= 11 is 5.90. The van der Waals surface area contributed by atoms with E-state index in [1.165, 1.54) is 18.5 Å². The third kappa shape index (κ3) is 3.70. The van der Waals surface area contributed by atoms with E-state index in [0.29, 0.717) is 5.57 Å². The molecule has 5 rings (SSSR count). The minimum atomic E-state index is -4.07. The SMILES string of the molecule is O=S(=O)(Oc1cncc(Cl)c1)C1CC2OC1C(c1ccc(O)cc1)=C2c1ccc(O)cc1. The molecule has 3 aromatic rings. The van der Waals surface area contributed by atoms with Gasteiger partial charge in [0.25, 0.3) is 0 Å². The lowest BCUT2D eigenvalue weighted by molar-refractivity contribution is 0.128. The van der Waals surface area contributed by atoms with Crippen molar-refractivity contribution in [1.82, 2.24) is 4.98 Å². The van der Waals surface area contributed by atoms with E-state index >= 15 is 0 Å². The van der Waals surface area contributed by atoms with Gasteiger partial charge in [0.15, 0.2) is 5.75 Å². The van der Waals surface area contributed by atoms with Gasteiger partial charge < -0.3 is 19.1 Å². The van der Waals surface area contributed by atoms with E-state index in [1.54, 1.807) is 48.5 Å². The van der Waals surface area contributed by atoms with Crippen molar-refractivity contribution in [2.45, 2.75) is 23.9 Å². The second-order valence-electron chi connectivity index (χ2n) is 7.66. The summed E-state index contributed by atoms with van der Waals surface area (Å²) in [6.45, 7) is 0. The van der Waals surface area contributed by atoms with Crippen molar-refractivity contribution in [2.75, 3.05) is 0 Å². The summed E-state index contributed by atoms with van der Waals surface area (Å²) < 4.78 is 37.8. The molecular formula is C23H18ClNO6S. The molecule has 3 unspecified atom stereocenters. The van der Waals surface area contributed by atoms with Gasteiger partial charge >= 0.3 is 10.1 Å². The molecule has 164 valence electrons. The first kappa shape index (κ1) is 20.8. The number of phenolic OH excluding ortho intramolecular Hbond substituents is 2. The first-order valence-electron chi connectivity index (χ1n) is 9.84. The molecule has 2 bridgehead atoms. The number of nitrogens with zero attached hydrogens (tertiary/aromatic N) is 1. The maximum absolute atomic E-state index is 13.2. The fourth-order valence-corrected chi connectivity index (χ4v) is 5.83. The molecule has 0 aliphatic carbocycles. The van der Waals surface area contributed by atoms with E-state index in [0.717, 1.165) is 16.7 Å². The van der Waals surface area contributed by atoms with Crippen LogP contribution in [0.1, 0.15) is 17.5 Å². The molecule has 9 heteroatoms. The molecule has 1 fully saturated rings. The van der Waals surface area contributed by atoms with E-state index in [4.69, 9.17) is 20.5 Å². The Labute approximate surface area is 189 Å². The predicted octanol–water partition coefficient (Wildman–Crippen LogP) is 4.01. The predicted molar refractivity (Wildman–Crippen MR) is 119 cm³/mol. The van der Waals surface area contributed by atoms with Gasteiger partial charge in [-0.25, -0.2) is 0 Å². The van der Waals surface area contributed by atoms with Crippen molar-refractivity contribution in [3.8, 4) is 17.2 Å². The Balaban J connectivity index is 1.56. The molecule has 2 aliphatic rings. The van der Waals surface area contributed by atoms with Crippen molar-refractivity contribution in [3.05, 3.63) is 83.1 Å². The summed E-state index contributed by atoms with van der Waals surface area (Å²) in [4.78, 5) is 3.87. The summed E-state index contributed by atoms with van der Waals surface area (Å²) in [6, 6.07) is 14.6. The molecule has 0 saturated carbocycles. The standard InChI is InChI=1S/C23H18ClNO6S/c24-15-9-18(12-25-11-15)31-32(28,29)20-10-19-21(13-1-5-16(26)6-2-13)22(23(20)30-19)14-3-7-17(27)8-4-14/h1-9,11-12,19-20,23,26-27H,10H2. The minimum absolute atomic E-state index is 0.0363. The van der Waals surface area contributed by atoms with Crippen LogP contribution in [0, 0.1) is 0 Å². The van der Waals surface area contributed by atoms with Crippen LogP contribution in [-0.4, -0.2) is 41.1 Å². The molecule has 2 aromatic carbocycles. The zero-order valence-electron chi connectivity index (χ0n) is 16.6. The first-order chi connectivity index (χ1) is 15.3. The number of hydrogen-bond acceptors (Lipinski definition) is 7. The Morgan fingerprint density at radius 1 is 0.938 bits per heavy atom. The van der Waals surface area contributed by atoms with E-state index < -0.39 is 27.6 Å². The molecule has 3 atom stereocenters. The van der Waals surface area contributed by atoms with Gasteiger partial charge in [-0.15, -0.1) is 0 Å². The number of halogens is 1. The van der Waals surface area contributed by atoms with Crippen LogP contribution < -0.4 is 4.18 Å². The summed E-state index contributed by atoms with van der Waals surface area (Å²) in [5.41, 5.74) is 3.14. The molecular weight excluding hydrogens is 454 g/mol. The number of aromatic hydroxyl groups is 2. The molecule has 0 amide bonds. The van der Waals surface area contributed by atoms with Crippen LogP contribution >= 0.6 is 11.6 Å². The minimum Gasteiger partial charge on any atom is -0.508 e. The Hall–Kier alpha value is -3.07. The number of aromatic nitrogens is 1. The summed E-state index contributed by atoms with van der Waals surface area (Å²) in [5.74, 6) is 0.272. The Kier molecular flexibility index (Phi) is 5.08. The summed E-state index contributed by atoms with van der Waals surface area (Å²) in [7, 11) is -4.07. The highest BCUT2D eigenvalue weighted by atomic mass is 35.5. The fraction of sp³-hybridized carbons (Fsp3) is 0.174. The van der Waals surface area contributed by atoms with Crippen LogP contribution in [0.3, 0.4) is 0 Å². The molecule has 0 spiro atoms. The van der Waals surface area contributed by atoms with Crippen LogP contribution in [0.2, 0.25) is 5.02 Å². The molecule has 1 aromatic heterocycles. The zero-order chi connectivity index (χ0) is 22.5. The summed E-state index contributed by atoms with van der Waals surface area (Å²) in [6.07, 6.45) is 1.67. The lowest BCUT2D eigenvalue weighted by atomic mass is 9.83. The van der Waals surface area contributed by atoms with Crippen molar-refractivity contribution in [3.63, 3.8) is 0 Å². The molecule has 7 nitrogen and oxygen atoms in total. The lowest BCUT2D eigenvalue weighted by Gasteiger charge is -2.24. The number of rotatable bonds is 5. The Morgan fingerprint density at radius 3 is 2.12 bits per heavy atom. The maximum atomic E-state index is 13.2. The van der Waals surface area contributed by atoms with E-state index in [9.17, 15) is 18.6 Å². The topological polar surface area (TPSA) is 106 Å². The first-order valence-corrected chi connectivity index (χ1v) is 11.7. The fourth-order valence-electron chi connectivity index (χ4n) is 4.27. The lowest BCUT2D eigenvalue weighted by Crippen LogP contribution is -2.35. The molecule has 2 aliphatic heterocycles. The highest BCUT2D eigenvalue weighted by Crippen LogP contribution is 2.51. The number of ether oxygens (including phenoxy) is 1. The number of benzene rings is 2. The third-order valence-corrected chi connectivity index (χ3v) is 7.42. The largest absolute Gasteiger partial charge is 0.508 e. The molecule has 1 saturated heterocycles. The smallest absolute Gasteiger partial charge is 0.315 e. The number of hydrogen-bond donors (Lipinski definition) is 2. The Morgan fingerprint density at radius 2 is 1.53 bits per heavy atom. The van der Waals surface area contributed by atoms with E-state index in [1.807, 2.05) is 0 Å². The normalized spacial score (nSPS) is 22.3. The van der Waals surface area contributed by atoms with Crippen molar-refractivity contribution in [2.24, 2.45) is 0 Å². The van der Waals surface area contributed by atoms with Crippen LogP contribution in [0.15, 0.2) is 67.0 Å². The number of pyridine rings is 1. The van der Waals surface area contributed by atoms with Gasteiger partial charge in [-0.3, -0.25) is 4.98 Å². The van der Waals surface area contributed by atoms with Gasteiger partial charge in [-0.05, 0) is 46.5 Å². The van der Waals surface area contributed by atoms with Crippen molar-refractivity contribution < 1.29 is 27.6 Å².